The van der Waals surface area contributed by atoms with Crippen LogP contribution in [0.15, 0.2) is 0 Å². The normalized spacial score (nSPS) is 18.7. The van der Waals surface area contributed by atoms with Gasteiger partial charge >= 0.3 is 0 Å². The van der Waals surface area contributed by atoms with Gasteiger partial charge in [-0.3, -0.25) is 0 Å². The second-order valence-corrected chi connectivity index (χ2v) is 2.16. The van der Waals surface area contributed by atoms with E-state index in [1.54, 1.807) is 0 Å². The quantitative estimate of drug-likeness (QED) is 0.486. The Morgan fingerprint density at radius 1 is 0.667 bits per heavy atom. The van der Waals surface area contributed by atoms with Crippen LogP contribution in [-0.4, -0.2) is 72.2 Å². The minimum Gasteiger partial charge on any atom is -0.317 e. The summed E-state index contributed by atoms with van der Waals surface area (Å²) >= 11 is 0. The van der Waals surface area contributed by atoms with Gasteiger partial charge < -0.3 is 5.32 Å². The van der Waals surface area contributed by atoms with E-state index in [1.165, 1.54) is 38.8 Å². The van der Waals surface area contributed by atoms with E-state index in [2.05, 4.69) is 5.32 Å². The average molecular weight is 145 g/mol. The molecule has 9 heavy (non-hydrogen) atoms. The Bertz CT molecular complexity index is 30.7. The van der Waals surface area contributed by atoms with E-state index >= 15 is 0 Å². The van der Waals surface area contributed by atoms with Gasteiger partial charge in [-0.2, -0.15) is 0 Å². The first-order valence-corrected chi connectivity index (χ1v) is 3.21. The van der Waals surface area contributed by atoms with Crippen LogP contribution in [0.3, 0.4) is 0 Å². The maximum absolute atomic E-state index is 3.35. The summed E-state index contributed by atoms with van der Waals surface area (Å²) in [5, 5.41) is 3.35. The van der Waals surface area contributed by atoms with Crippen molar-refractivity contribution in [2.75, 3.05) is 13.1 Å². The van der Waals surface area contributed by atoms with Crippen molar-refractivity contribution in [3.63, 3.8) is 0 Å². The van der Waals surface area contributed by atoms with E-state index in [0.717, 1.165) is 0 Å². The van der Waals surface area contributed by atoms with Crippen LogP contribution in [0.4, 0.5) is 0 Å². The van der Waals surface area contributed by atoms with Gasteiger partial charge in [0.1, 0.15) is 0 Å². The number of nitrogens with one attached hydrogen (secondary N) is 1. The molecule has 0 aromatic rings. The molecule has 0 aromatic carbocycles. The molecule has 1 aliphatic heterocycles. The molecule has 1 aliphatic rings. The smallest absolute Gasteiger partial charge is 0 e. The van der Waals surface area contributed by atoms with Gasteiger partial charge in [0, 0.05) is 59.1 Å². The van der Waals surface area contributed by atoms with E-state index < -0.39 is 0 Å². The van der Waals surface area contributed by atoms with Crippen LogP contribution in [0.2, 0.25) is 0 Å². The first-order chi connectivity index (χ1) is 3.50. The predicted molar refractivity (Wildman–Crippen MR) is 42.8 cm³/mol. The fraction of sp³-hybridized carbons (Fsp3) is 1.00. The van der Waals surface area contributed by atoms with Gasteiger partial charge in [-0.15, -0.1) is 0 Å². The van der Waals surface area contributed by atoms with E-state index in [-0.39, 0.29) is 59.1 Å². The molecule has 1 nitrogen and oxygen atoms in total. The molecule has 2 radical (unpaired) electrons. The van der Waals surface area contributed by atoms with Crippen LogP contribution in [0.1, 0.15) is 25.7 Å². The van der Waals surface area contributed by atoms with Crippen molar-refractivity contribution in [1.82, 2.24) is 5.32 Å². The fourth-order valence-corrected chi connectivity index (χ4v) is 0.979. The van der Waals surface area contributed by atoms with Crippen molar-refractivity contribution in [2.45, 2.75) is 25.7 Å². The van der Waals surface area contributed by atoms with Gasteiger partial charge in [-0.05, 0) is 25.9 Å². The topological polar surface area (TPSA) is 12.0 Å². The molecule has 1 saturated heterocycles. The molecule has 1 N–H and O–H groups in total. The van der Waals surface area contributed by atoms with Crippen LogP contribution >= 0.6 is 0 Å². The van der Waals surface area contributed by atoms with E-state index in [1.807, 2.05) is 0 Å². The van der Waals surface area contributed by atoms with Crippen molar-refractivity contribution < 1.29 is 0 Å². The Balaban J connectivity index is 0. The van der Waals surface area contributed by atoms with E-state index in [0.29, 0.717) is 0 Å². The molecule has 0 amide bonds. The summed E-state index contributed by atoms with van der Waals surface area (Å²) in [5.74, 6) is 0. The molecule has 0 unspecified atom stereocenters. The summed E-state index contributed by atoms with van der Waals surface area (Å²) < 4.78 is 0. The van der Waals surface area contributed by atoms with Crippen molar-refractivity contribution >= 4 is 59.1 Å². The molecule has 3 heteroatoms. The average Bonchev–Trinajstić information content (AvgIpc) is 1.90. The molecule has 0 saturated carbocycles. The monoisotopic (exact) mass is 145 g/mol. The zero-order valence-corrected chi connectivity index (χ0v) is 10.7. The Morgan fingerprint density at radius 3 is 1.56 bits per heavy atom. The molecule has 1 heterocycles. The fourth-order valence-electron chi connectivity index (χ4n) is 0.979. The van der Waals surface area contributed by atoms with Gasteiger partial charge in [0.05, 0.1) is 0 Å². The van der Waals surface area contributed by atoms with Crippen molar-refractivity contribution in [3.8, 4) is 0 Å². The summed E-state index contributed by atoms with van der Waals surface area (Å²) in [7, 11) is 0. The third-order valence-corrected chi connectivity index (χ3v) is 1.46. The maximum Gasteiger partial charge on any atom is 0 e. The van der Waals surface area contributed by atoms with Crippen LogP contribution in [0.25, 0.3) is 0 Å². The number of hydrogen-bond acceptors (Lipinski definition) is 1. The van der Waals surface area contributed by atoms with Crippen LogP contribution in [0.5, 0.6) is 0 Å². The van der Waals surface area contributed by atoms with Gasteiger partial charge in [0.25, 0.3) is 0 Å². The van der Waals surface area contributed by atoms with Gasteiger partial charge in [-0.1, -0.05) is 12.8 Å². The predicted octanol–water partition coefficient (Wildman–Crippen LogP) is 0.388. The van der Waals surface area contributed by atoms with Crippen LogP contribution in [-0.2, 0) is 0 Å². The molecule has 44 valence electrons. The molecule has 1 rings (SSSR count). The Kier molecular flexibility index (Phi) is 15.0. The second kappa shape index (κ2) is 9.96. The summed E-state index contributed by atoms with van der Waals surface area (Å²) in [5.41, 5.74) is 0. The van der Waals surface area contributed by atoms with Gasteiger partial charge in [-0.25, -0.2) is 0 Å². The van der Waals surface area contributed by atoms with E-state index in [9.17, 15) is 0 Å². The van der Waals surface area contributed by atoms with Crippen molar-refractivity contribution in [1.29, 1.82) is 0 Å². The number of rotatable bonds is 0. The third-order valence-electron chi connectivity index (χ3n) is 1.46. The van der Waals surface area contributed by atoms with Crippen molar-refractivity contribution in [2.24, 2.45) is 0 Å². The Labute approximate surface area is 102 Å². The molecule has 0 spiro atoms. The molecule has 0 atom stereocenters. The van der Waals surface area contributed by atoms with E-state index in [4.69, 9.17) is 0 Å². The zero-order valence-electron chi connectivity index (χ0n) is 6.74. The first kappa shape index (κ1) is 13.5. The Hall–Kier alpha value is 1.96. The molecule has 0 aromatic heterocycles. The van der Waals surface area contributed by atoms with Gasteiger partial charge in [0.15, 0.2) is 0 Å². The molecule has 0 bridgehead atoms. The van der Waals surface area contributed by atoms with Crippen LogP contribution in [0, 0.1) is 0 Å². The Morgan fingerprint density at radius 2 is 1.11 bits per heavy atom. The minimum absolute atomic E-state index is 0. The standard InChI is InChI=1S/C6H13N.2Na/c1-2-4-6-7-5-3-1;;/h7H,1-6H2;;. The molecular weight excluding hydrogens is 132 g/mol. The molecule has 1 fully saturated rings. The summed E-state index contributed by atoms with van der Waals surface area (Å²) in [6, 6.07) is 0. The summed E-state index contributed by atoms with van der Waals surface area (Å²) in [4.78, 5) is 0. The summed E-state index contributed by atoms with van der Waals surface area (Å²) in [6.45, 7) is 2.50. The third kappa shape index (κ3) is 7.86. The van der Waals surface area contributed by atoms with Crippen LogP contribution < -0.4 is 5.32 Å². The second-order valence-electron chi connectivity index (χ2n) is 2.16. The minimum atomic E-state index is 0. The zero-order chi connectivity index (χ0) is 4.95. The molecule has 0 aliphatic carbocycles. The molecular formula is C6H13NNa2. The maximum atomic E-state index is 3.35. The number of hydrogen-bond donors (Lipinski definition) is 1. The van der Waals surface area contributed by atoms with Crippen molar-refractivity contribution in [3.05, 3.63) is 0 Å². The van der Waals surface area contributed by atoms with Gasteiger partial charge in [0.2, 0.25) is 0 Å². The summed E-state index contributed by atoms with van der Waals surface area (Å²) in [6.07, 6.45) is 5.65. The largest absolute Gasteiger partial charge is 0.317 e. The SMILES string of the molecule is C1CCCNCC1.[Na].[Na]. The first-order valence-electron chi connectivity index (χ1n) is 3.21.